The van der Waals surface area contributed by atoms with Crippen molar-refractivity contribution in [1.82, 2.24) is 5.06 Å². The molecule has 0 N–H and O–H groups in total. The number of hydroxylamine groups is 2. The molecule has 0 unspecified atom stereocenters. The van der Waals surface area contributed by atoms with Crippen molar-refractivity contribution in [2.45, 2.75) is 43.7 Å². The van der Waals surface area contributed by atoms with Gasteiger partial charge in [-0.25, -0.2) is 0 Å². The van der Waals surface area contributed by atoms with Crippen LogP contribution in [0.1, 0.15) is 38.8 Å². The molecular formula is C12H16NOS. The summed E-state index contributed by atoms with van der Waals surface area (Å²) in [5.74, 6) is 0. The molecule has 0 saturated heterocycles. The number of hydrogen-bond donors (Lipinski definition) is 1. The SMILES string of the molecule is CC1(C)c2ccc(S)cc2C(C)(C)N1[O]. The number of hydrogen-bond acceptors (Lipinski definition) is 2. The van der Waals surface area contributed by atoms with Crippen molar-refractivity contribution in [3.63, 3.8) is 0 Å². The van der Waals surface area contributed by atoms with Crippen molar-refractivity contribution in [2.75, 3.05) is 0 Å². The van der Waals surface area contributed by atoms with Gasteiger partial charge in [-0.2, -0.15) is 0 Å². The van der Waals surface area contributed by atoms with E-state index in [0.717, 1.165) is 16.0 Å². The predicted molar refractivity (Wildman–Crippen MR) is 62.3 cm³/mol. The Morgan fingerprint density at radius 1 is 1.07 bits per heavy atom. The third-order valence-corrected chi connectivity index (χ3v) is 3.62. The molecule has 0 aliphatic carbocycles. The lowest BCUT2D eigenvalue weighted by atomic mass is 9.91. The maximum absolute atomic E-state index is 12.2. The standard InChI is InChI=1S/C12H16NOS/c1-11(2)9-6-5-8(15)7-10(9)12(3,4)13(11)14/h5-7,15H,1-4H3. The Morgan fingerprint density at radius 3 is 2.20 bits per heavy atom. The van der Waals surface area contributed by atoms with Gasteiger partial charge in [-0.3, -0.25) is 0 Å². The van der Waals surface area contributed by atoms with Crippen LogP contribution in [0.15, 0.2) is 23.1 Å². The summed E-state index contributed by atoms with van der Waals surface area (Å²) in [7, 11) is 0. The number of fused-ring (bicyclic) bond motifs is 1. The second kappa shape index (κ2) is 3.00. The Hall–Kier alpha value is -0.510. The lowest BCUT2D eigenvalue weighted by molar-refractivity contribution is -0.266. The predicted octanol–water partition coefficient (Wildman–Crippen LogP) is 3.11. The summed E-state index contributed by atoms with van der Waals surface area (Å²) < 4.78 is 0. The minimum absolute atomic E-state index is 0.444. The highest BCUT2D eigenvalue weighted by molar-refractivity contribution is 7.80. The number of thiol groups is 1. The summed E-state index contributed by atoms with van der Waals surface area (Å²) in [4.78, 5) is 0.910. The van der Waals surface area contributed by atoms with E-state index in [1.165, 1.54) is 5.06 Å². The fourth-order valence-corrected chi connectivity index (χ4v) is 2.69. The second-order valence-corrected chi connectivity index (χ2v) is 5.66. The molecule has 81 valence electrons. The quantitative estimate of drug-likeness (QED) is 0.670. The molecule has 1 heterocycles. The Kier molecular flexibility index (Phi) is 2.20. The Labute approximate surface area is 96.3 Å². The van der Waals surface area contributed by atoms with Crippen LogP contribution in [0.4, 0.5) is 0 Å². The van der Waals surface area contributed by atoms with Crippen molar-refractivity contribution >= 4 is 12.6 Å². The van der Waals surface area contributed by atoms with Gasteiger partial charge in [0.25, 0.3) is 0 Å². The maximum atomic E-state index is 12.2. The Morgan fingerprint density at radius 2 is 1.60 bits per heavy atom. The van der Waals surface area contributed by atoms with Gasteiger partial charge in [0.15, 0.2) is 0 Å². The molecule has 1 aromatic carbocycles. The highest BCUT2D eigenvalue weighted by Crippen LogP contribution is 2.48. The van der Waals surface area contributed by atoms with E-state index in [4.69, 9.17) is 0 Å². The smallest absolute Gasteiger partial charge is 0.0699 e. The van der Waals surface area contributed by atoms with E-state index in [1.54, 1.807) is 0 Å². The summed E-state index contributed by atoms with van der Waals surface area (Å²) in [6.07, 6.45) is 0. The lowest BCUT2D eigenvalue weighted by Crippen LogP contribution is -2.41. The molecule has 0 saturated carbocycles. The summed E-state index contributed by atoms with van der Waals surface area (Å²) >= 11 is 4.33. The molecule has 0 amide bonds. The minimum Gasteiger partial charge on any atom is -0.143 e. The summed E-state index contributed by atoms with van der Waals surface area (Å²) in [5.41, 5.74) is 1.30. The molecule has 2 rings (SSSR count). The number of nitrogens with zero attached hydrogens (tertiary/aromatic N) is 1. The average Bonchev–Trinajstić information content (AvgIpc) is 2.26. The van der Waals surface area contributed by atoms with E-state index in [9.17, 15) is 5.21 Å². The first kappa shape index (κ1) is 11.0. The van der Waals surface area contributed by atoms with Crippen LogP contribution in [0, 0.1) is 0 Å². The third-order valence-electron chi connectivity index (χ3n) is 3.34. The minimum atomic E-state index is -0.461. The topological polar surface area (TPSA) is 23.1 Å². The first-order valence-corrected chi connectivity index (χ1v) is 5.54. The van der Waals surface area contributed by atoms with E-state index in [1.807, 2.05) is 45.9 Å². The van der Waals surface area contributed by atoms with Gasteiger partial charge in [0, 0.05) is 4.90 Å². The van der Waals surface area contributed by atoms with Crippen molar-refractivity contribution in [3.8, 4) is 0 Å². The number of benzene rings is 1. The van der Waals surface area contributed by atoms with Gasteiger partial charge in [-0.1, -0.05) is 6.07 Å². The first-order valence-electron chi connectivity index (χ1n) is 5.09. The van der Waals surface area contributed by atoms with Crippen LogP contribution >= 0.6 is 12.6 Å². The molecule has 0 fully saturated rings. The van der Waals surface area contributed by atoms with Crippen molar-refractivity contribution in [3.05, 3.63) is 29.3 Å². The normalized spacial score (nSPS) is 22.8. The van der Waals surface area contributed by atoms with E-state index in [0.29, 0.717) is 0 Å². The molecular weight excluding hydrogens is 206 g/mol. The van der Waals surface area contributed by atoms with Crippen LogP contribution in [-0.2, 0) is 16.3 Å². The van der Waals surface area contributed by atoms with Gasteiger partial charge in [-0.15, -0.1) is 22.9 Å². The van der Waals surface area contributed by atoms with Gasteiger partial charge < -0.3 is 0 Å². The fraction of sp³-hybridized carbons (Fsp3) is 0.500. The summed E-state index contributed by atoms with van der Waals surface area (Å²) in [5, 5.41) is 13.4. The summed E-state index contributed by atoms with van der Waals surface area (Å²) in [6, 6.07) is 5.95. The van der Waals surface area contributed by atoms with Gasteiger partial charge in [0.05, 0.1) is 11.1 Å². The molecule has 0 atom stereocenters. The Balaban J connectivity index is 2.71. The zero-order valence-electron chi connectivity index (χ0n) is 9.53. The van der Waals surface area contributed by atoms with Crippen molar-refractivity contribution < 1.29 is 5.21 Å². The first-order chi connectivity index (χ1) is 6.78. The fourth-order valence-electron chi connectivity index (χ4n) is 2.49. The molecule has 1 aliphatic heterocycles. The lowest BCUT2D eigenvalue weighted by Gasteiger charge is -2.32. The molecule has 0 aromatic heterocycles. The van der Waals surface area contributed by atoms with Crippen LogP contribution < -0.4 is 0 Å². The van der Waals surface area contributed by atoms with E-state index < -0.39 is 11.1 Å². The Bertz CT molecular complexity index is 412. The highest BCUT2D eigenvalue weighted by atomic mass is 32.1. The van der Waals surface area contributed by atoms with Crippen molar-refractivity contribution in [2.24, 2.45) is 0 Å². The summed E-state index contributed by atoms with van der Waals surface area (Å²) in [6.45, 7) is 7.85. The largest absolute Gasteiger partial charge is 0.143 e. The van der Waals surface area contributed by atoms with Gasteiger partial charge in [0.2, 0.25) is 0 Å². The van der Waals surface area contributed by atoms with Crippen LogP contribution in [0.2, 0.25) is 0 Å². The molecule has 1 aliphatic rings. The van der Waals surface area contributed by atoms with Gasteiger partial charge in [0.1, 0.15) is 0 Å². The van der Waals surface area contributed by atoms with E-state index in [-0.39, 0.29) is 0 Å². The molecule has 0 bridgehead atoms. The monoisotopic (exact) mass is 222 g/mol. The van der Waals surface area contributed by atoms with E-state index in [2.05, 4.69) is 12.6 Å². The highest BCUT2D eigenvalue weighted by Gasteiger charge is 2.49. The molecule has 1 aromatic rings. The molecule has 0 spiro atoms. The van der Waals surface area contributed by atoms with E-state index >= 15 is 0 Å². The maximum Gasteiger partial charge on any atom is 0.0699 e. The molecule has 3 heteroatoms. The zero-order chi connectivity index (χ0) is 11.4. The number of rotatable bonds is 0. The molecule has 15 heavy (non-hydrogen) atoms. The van der Waals surface area contributed by atoms with Gasteiger partial charge >= 0.3 is 0 Å². The van der Waals surface area contributed by atoms with Crippen LogP contribution in [0.25, 0.3) is 0 Å². The average molecular weight is 222 g/mol. The third kappa shape index (κ3) is 1.34. The molecule has 1 radical (unpaired) electrons. The van der Waals surface area contributed by atoms with Crippen LogP contribution in [0.5, 0.6) is 0 Å². The van der Waals surface area contributed by atoms with Crippen LogP contribution in [0.3, 0.4) is 0 Å². The van der Waals surface area contributed by atoms with Gasteiger partial charge in [-0.05, 0) is 51.0 Å². The van der Waals surface area contributed by atoms with Crippen LogP contribution in [-0.4, -0.2) is 5.06 Å². The molecule has 2 nitrogen and oxygen atoms in total. The zero-order valence-corrected chi connectivity index (χ0v) is 10.4. The second-order valence-electron chi connectivity index (χ2n) is 5.14. The van der Waals surface area contributed by atoms with Crippen molar-refractivity contribution in [1.29, 1.82) is 0 Å².